The Hall–Kier alpha value is -1.16. The minimum absolute atomic E-state index is 0.431. The Morgan fingerprint density at radius 3 is 2.91 bits per heavy atom. The van der Waals surface area contributed by atoms with Gasteiger partial charge in [0.25, 0.3) is 0 Å². The molecule has 0 radical (unpaired) electrons. The van der Waals surface area contributed by atoms with Gasteiger partial charge in [-0.15, -0.1) is 0 Å². The molecule has 0 saturated carbocycles. The summed E-state index contributed by atoms with van der Waals surface area (Å²) in [5.41, 5.74) is -1.18. The molecular weight excluding hydrogens is 149 g/mol. The molecule has 1 rings (SSSR count). The molecule has 1 N–H and O–H groups in total. The molecule has 3 nitrogen and oxygen atoms in total. The number of dihydropyridines is 1. The van der Waals surface area contributed by atoms with Crippen LogP contribution in [-0.4, -0.2) is 19.1 Å². The molecule has 1 aliphatic heterocycles. The Kier molecular flexibility index (Phi) is 2.05. The highest BCUT2D eigenvalue weighted by Crippen LogP contribution is 2.13. The number of nitrogens with one attached hydrogen (secondary N) is 1. The van der Waals surface area contributed by atoms with Crippen LogP contribution in [0.1, 0.15) is 0 Å². The molecule has 0 bridgehead atoms. The lowest BCUT2D eigenvalue weighted by atomic mass is 10.2. The van der Waals surface area contributed by atoms with Crippen LogP contribution in [0.25, 0.3) is 0 Å². The molecule has 1 aliphatic rings. The maximum Gasteiger partial charge on any atom is 0.214 e. The molecule has 4 heteroatoms. The molecule has 1 atom stereocenters. The Morgan fingerprint density at radius 2 is 2.55 bits per heavy atom. The fourth-order valence-corrected chi connectivity index (χ4v) is 0.730. The van der Waals surface area contributed by atoms with Gasteiger partial charge in [-0.3, -0.25) is 4.79 Å². The zero-order valence-electron chi connectivity index (χ0n) is 6.00. The van der Waals surface area contributed by atoms with E-state index in [-0.39, 0.29) is 0 Å². The summed E-state index contributed by atoms with van der Waals surface area (Å²) in [6.45, 7) is 0. The number of aldehydes is 1. The third kappa shape index (κ3) is 1.46. The van der Waals surface area contributed by atoms with Gasteiger partial charge in [-0.1, -0.05) is 0 Å². The monoisotopic (exact) mass is 157 g/mol. The average molecular weight is 157 g/mol. The van der Waals surface area contributed by atoms with Crippen molar-refractivity contribution in [1.82, 2.24) is 5.32 Å². The number of methoxy groups -OCH3 is 1. The number of ether oxygens (including phenoxy) is 1. The first-order chi connectivity index (χ1) is 5.22. The lowest BCUT2D eigenvalue weighted by molar-refractivity contribution is -0.124. The van der Waals surface area contributed by atoms with E-state index >= 15 is 0 Å². The molecule has 0 aromatic carbocycles. The van der Waals surface area contributed by atoms with E-state index in [1.54, 1.807) is 0 Å². The smallest absolute Gasteiger partial charge is 0.214 e. The molecule has 0 fully saturated rings. The van der Waals surface area contributed by atoms with Gasteiger partial charge in [0.1, 0.15) is 5.83 Å². The van der Waals surface area contributed by atoms with Crippen LogP contribution in [0.3, 0.4) is 0 Å². The molecule has 1 unspecified atom stereocenters. The SMILES string of the molecule is COC1(C=O)C=CC(F)=CN1. The first-order valence-corrected chi connectivity index (χ1v) is 3.06. The van der Waals surface area contributed by atoms with Gasteiger partial charge in [-0.2, -0.15) is 0 Å². The first-order valence-electron chi connectivity index (χ1n) is 3.06. The van der Waals surface area contributed by atoms with Crippen LogP contribution in [0.5, 0.6) is 0 Å². The van der Waals surface area contributed by atoms with Crippen molar-refractivity contribution >= 4 is 6.29 Å². The van der Waals surface area contributed by atoms with E-state index in [2.05, 4.69) is 5.32 Å². The van der Waals surface area contributed by atoms with Gasteiger partial charge in [-0.25, -0.2) is 4.39 Å². The van der Waals surface area contributed by atoms with Crippen molar-refractivity contribution in [2.45, 2.75) is 5.72 Å². The number of halogens is 1. The summed E-state index contributed by atoms with van der Waals surface area (Å²) in [6.07, 6.45) is 4.13. The number of carbonyl (C=O) groups excluding carboxylic acids is 1. The largest absolute Gasteiger partial charge is 0.352 e. The lowest BCUT2D eigenvalue weighted by Crippen LogP contribution is -2.45. The van der Waals surface area contributed by atoms with Crippen LogP contribution < -0.4 is 5.32 Å². The zero-order valence-corrected chi connectivity index (χ0v) is 6.00. The lowest BCUT2D eigenvalue weighted by Gasteiger charge is -2.24. The number of hydrogen-bond donors (Lipinski definition) is 1. The number of rotatable bonds is 2. The van der Waals surface area contributed by atoms with Crippen LogP contribution in [0.2, 0.25) is 0 Å². The molecule has 0 saturated heterocycles. The molecular formula is C7H8FNO2. The van der Waals surface area contributed by atoms with Crippen molar-refractivity contribution in [3.63, 3.8) is 0 Å². The maximum absolute atomic E-state index is 12.3. The Morgan fingerprint density at radius 1 is 1.82 bits per heavy atom. The summed E-state index contributed by atoms with van der Waals surface area (Å²) in [6, 6.07) is 0. The summed E-state index contributed by atoms with van der Waals surface area (Å²) in [7, 11) is 1.36. The second-order valence-corrected chi connectivity index (χ2v) is 2.12. The molecule has 0 aromatic rings. The predicted molar refractivity (Wildman–Crippen MR) is 37.3 cm³/mol. The van der Waals surface area contributed by atoms with Crippen LogP contribution in [0.15, 0.2) is 24.2 Å². The summed E-state index contributed by atoms with van der Waals surface area (Å²) in [5.74, 6) is -0.431. The fraction of sp³-hybridized carbons (Fsp3) is 0.286. The first kappa shape index (κ1) is 7.94. The number of allylic oxidation sites excluding steroid dienone is 2. The van der Waals surface area contributed by atoms with Gasteiger partial charge in [0.15, 0.2) is 6.29 Å². The number of hydrogen-bond acceptors (Lipinski definition) is 3. The fourth-order valence-electron chi connectivity index (χ4n) is 0.730. The van der Waals surface area contributed by atoms with Gasteiger partial charge in [0.2, 0.25) is 5.72 Å². The van der Waals surface area contributed by atoms with Crippen molar-refractivity contribution in [2.24, 2.45) is 0 Å². The van der Waals surface area contributed by atoms with Gasteiger partial charge < -0.3 is 10.1 Å². The van der Waals surface area contributed by atoms with Crippen LogP contribution in [-0.2, 0) is 9.53 Å². The summed E-state index contributed by atoms with van der Waals surface area (Å²) in [4.78, 5) is 10.4. The Bertz CT molecular complexity index is 224. The third-order valence-electron chi connectivity index (χ3n) is 1.44. The van der Waals surface area contributed by atoms with Crippen molar-refractivity contribution < 1.29 is 13.9 Å². The quantitative estimate of drug-likeness (QED) is 0.593. The summed E-state index contributed by atoms with van der Waals surface area (Å²) < 4.78 is 17.1. The van der Waals surface area contributed by atoms with E-state index in [0.29, 0.717) is 6.29 Å². The van der Waals surface area contributed by atoms with Crippen molar-refractivity contribution in [1.29, 1.82) is 0 Å². The van der Waals surface area contributed by atoms with E-state index in [0.717, 1.165) is 6.20 Å². The van der Waals surface area contributed by atoms with Gasteiger partial charge >= 0.3 is 0 Å². The molecule has 0 amide bonds. The molecule has 0 spiro atoms. The predicted octanol–water partition coefficient (Wildman–Crippen LogP) is 0.498. The topological polar surface area (TPSA) is 38.3 Å². The normalized spacial score (nSPS) is 29.1. The highest BCUT2D eigenvalue weighted by Gasteiger charge is 2.26. The average Bonchev–Trinajstić information content (AvgIpc) is 2.07. The highest BCUT2D eigenvalue weighted by atomic mass is 19.1. The molecule has 60 valence electrons. The van der Waals surface area contributed by atoms with E-state index < -0.39 is 11.6 Å². The second kappa shape index (κ2) is 2.84. The van der Waals surface area contributed by atoms with Crippen LogP contribution >= 0.6 is 0 Å². The van der Waals surface area contributed by atoms with Gasteiger partial charge in [0.05, 0.1) is 0 Å². The van der Waals surface area contributed by atoms with E-state index in [1.807, 2.05) is 0 Å². The van der Waals surface area contributed by atoms with Crippen molar-refractivity contribution in [2.75, 3.05) is 7.11 Å². The maximum atomic E-state index is 12.3. The number of carbonyl (C=O) groups is 1. The Labute approximate surface area is 63.5 Å². The highest BCUT2D eigenvalue weighted by molar-refractivity contribution is 5.66. The van der Waals surface area contributed by atoms with Crippen LogP contribution in [0, 0.1) is 0 Å². The van der Waals surface area contributed by atoms with Gasteiger partial charge in [-0.05, 0) is 12.2 Å². The third-order valence-corrected chi connectivity index (χ3v) is 1.44. The van der Waals surface area contributed by atoms with E-state index in [4.69, 9.17) is 4.74 Å². The molecule has 0 aliphatic carbocycles. The summed E-state index contributed by atoms with van der Waals surface area (Å²) >= 11 is 0. The van der Waals surface area contributed by atoms with Gasteiger partial charge in [0, 0.05) is 13.3 Å². The van der Waals surface area contributed by atoms with Crippen molar-refractivity contribution in [3.05, 3.63) is 24.2 Å². The molecule has 0 aromatic heterocycles. The minimum Gasteiger partial charge on any atom is -0.352 e. The molecule has 11 heavy (non-hydrogen) atoms. The summed E-state index contributed by atoms with van der Waals surface area (Å²) in [5, 5.41) is 2.47. The minimum atomic E-state index is -1.18. The second-order valence-electron chi connectivity index (χ2n) is 2.12. The van der Waals surface area contributed by atoms with Crippen molar-refractivity contribution in [3.8, 4) is 0 Å². The van der Waals surface area contributed by atoms with Crippen LogP contribution in [0.4, 0.5) is 4.39 Å². The van der Waals surface area contributed by atoms with E-state index in [1.165, 1.54) is 19.3 Å². The van der Waals surface area contributed by atoms with E-state index in [9.17, 15) is 9.18 Å². The standard InChI is InChI=1S/C7H8FNO2/c1-11-7(5-10)3-2-6(8)4-9-7/h2-5,9H,1H3. The molecule has 1 heterocycles. The Balaban J connectivity index is 2.79. The zero-order chi connectivity index (χ0) is 8.32.